The maximum atomic E-state index is 12.5. The number of hydrogen-bond donors (Lipinski definition) is 2. The van der Waals surface area contributed by atoms with Gasteiger partial charge in [-0.1, -0.05) is 0 Å². The molecule has 2 aromatic heterocycles. The Morgan fingerprint density at radius 1 is 1.45 bits per heavy atom. The van der Waals surface area contributed by atoms with Gasteiger partial charge in [-0.2, -0.15) is 5.10 Å². The van der Waals surface area contributed by atoms with Crippen molar-refractivity contribution in [2.45, 2.75) is 45.4 Å². The van der Waals surface area contributed by atoms with Gasteiger partial charge in [0.1, 0.15) is 5.82 Å². The van der Waals surface area contributed by atoms with Gasteiger partial charge in [0, 0.05) is 43.5 Å². The zero-order chi connectivity index (χ0) is 15.5. The number of rotatable bonds is 4. The summed E-state index contributed by atoms with van der Waals surface area (Å²) in [5.74, 6) is 1.57. The number of aromatic amines is 2. The summed E-state index contributed by atoms with van der Waals surface area (Å²) in [6, 6.07) is 0. The Morgan fingerprint density at radius 2 is 2.32 bits per heavy atom. The van der Waals surface area contributed by atoms with Crippen molar-refractivity contribution in [1.82, 2.24) is 25.1 Å². The van der Waals surface area contributed by atoms with Gasteiger partial charge in [-0.15, -0.1) is 0 Å². The number of nitrogens with one attached hydrogen (secondary N) is 2. The van der Waals surface area contributed by atoms with Crippen LogP contribution in [0.5, 0.6) is 0 Å². The van der Waals surface area contributed by atoms with Crippen LogP contribution in [-0.2, 0) is 11.2 Å². The van der Waals surface area contributed by atoms with Gasteiger partial charge in [0.25, 0.3) is 0 Å². The van der Waals surface area contributed by atoms with Crippen LogP contribution >= 0.6 is 0 Å². The Balaban J connectivity index is 1.58. The van der Waals surface area contributed by atoms with Crippen LogP contribution in [0.15, 0.2) is 12.4 Å². The van der Waals surface area contributed by atoms with Crippen LogP contribution in [0, 0.1) is 13.8 Å². The largest absolute Gasteiger partial charge is 0.348 e. The lowest BCUT2D eigenvalue weighted by Gasteiger charge is -2.32. The summed E-state index contributed by atoms with van der Waals surface area (Å²) in [5.41, 5.74) is 3.24. The highest BCUT2D eigenvalue weighted by atomic mass is 16.2. The average Bonchev–Trinajstić information content (AvgIpc) is 3.16. The van der Waals surface area contributed by atoms with Crippen LogP contribution in [-0.4, -0.2) is 44.1 Å². The lowest BCUT2D eigenvalue weighted by atomic mass is 9.96. The van der Waals surface area contributed by atoms with Gasteiger partial charge in [-0.3, -0.25) is 9.89 Å². The average molecular weight is 301 g/mol. The molecule has 1 atom stereocenters. The van der Waals surface area contributed by atoms with E-state index in [1.165, 1.54) is 5.56 Å². The number of carbonyl (C=O) groups excluding carboxylic acids is 1. The quantitative estimate of drug-likeness (QED) is 0.907. The first-order chi connectivity index (χ1) is 10.6. The lowest BCUT2D eigenvalue weighted by molar-refractivity contribution is -0.132. The van der Waals surface area contributed by atoms with E-state index in [0.717, 1.165) is 49.6 Å². The van der Waals surface area contributed by atoms with Crippen LogP contribution in [0.3, 0.4) is 0 Å². The van der Waals surface area contributed by atoms with E-state index >= 15 is 0 Å². The van der Waals surface area contributed by atoms with Gasteiger partial charge in [0.05, 0.1) is 5.69 Å². The molecule has 2 N–H and O–H groups in total. The third kappa shape index (κ3) is 3.05. The van der Waals surface area contributed by atoms with Crippen molar-refractivity contribution in [3.8, 4) is 0 Å². The summed E-state index contributed by atoms with van der Waals surface area (Å²) in [7, 11) is 0. The van der Waals surface area contributed by atoms with Gasteiger partial charge >= 0.3 is 0 Å². The van der Waals surface area contributed by atoms with Gasteiger partial charge in [0.2, 0.25) is 5.91 Å². The zero-order valence-corrected chi connectivity index (χ0v) is 13.2. The first-order valence-electron chi connectivity index (χ1n) is 7.92. The van der Waals surface area contributed by atoms with E-state index in [2.05, 4.69) is 20.2 Å². The predicted octanol–water partition coefficient (Wildman–Crippen LogP) is 2.09. The number of carbonyl (C=O) groups is 1. The molecule has 0 spiro atoms. The van der Waals surface area contributed by atoms with Crippen molar-refractivity contribution in [2.75, 3.05) is 13.1 Å². The highest BCUT2D eigenvalue weighted by molar-refractivity contribution is 5.76. The Labute approximate surface area is 130 Å². The summed E-state index contributed by atoms with van der Waals surface area (Å²) < 4.78 is 0. The minimum Gasteiger partial charge on any atom is -0.348 e. The highest BCUT2D eigenvalue weighted by Crippen LogP contribution is 2.25. The number of nitrogens with zero attached hydrogens (tertiary/aromatic N) is 3. The van der Waals surface area contributed by atoms with Gasteiger partial charge in [-0.25, -0.2) is 4.98 Å². The van der Waals surface area contributed by atoms with Crippen LogP contribution in [0.25, 0.3) is 0 Å². The van der Waals surface area contributed by atoms with Crippen LogP contribution < -0.4 is 0 Å². The number of hydrogen-bond acceptors (Lipinski definition) is 3. The van der Waals surface area contributed by atoms with E-state index in [9.17, 15) is 4.79 Å². The molecule has 1 aliphatic heterocycles. The number of aromatic nitrogens is 4. The number of likely N-dealkylation sites (tertiary alicyclic amines) is 1. The zero-order valence-electron chi connectivity index (χ0n) is 13.2. The second kappa shape index (κ2) is 6.34. The third-order valence-electron chi connectivity index (χ3n) is 4.55. The molecule has 1 fully saturated rings. The Kier molecular flexibility index (Phi) is 4.27. The Hall–Kier alpha value is -2.11. The molecular weight excluding hydrogens is 278 g/mol. The lowest BCUT2D eigenvalue weighted by Crippen LogP contribution is -2.39. The molecule has 1 amide bonds. The minimum absolute atomic E-state index is 0.233. The summed E-state index contributed by atoms with van der Waals surface area (Å²) in [6.07, 6.45) is 7.07. The molecule has 0 unspecified atom stereocenters. The summed E-state index contributed by atoms with van der Waals surface area (Å²) in [6.45, 7) is 5.62. The second-order valence-electron chi connectivity index (χ2n) is 6.07. The second-order valence-corrected chi connectivity index (χ2v) is 6.07. The molecule has 1 saturated heterocycles. The molecule has 118 valence electrons. The van der Waals surface area contributed by atoms with Gasteiger partial charge < -0.3 is 9.88 Å². The molecule has 0 aromatic carbocycles. The van der Waals surface area contributed by atoms with Crippen LogP contribution in [0.1, 0.15) is 48.0 Å². The molecule has 6 heteroatoms. The van der Waals surface area contributed by atoms with E-state index in [-0.39, 0.29) is 5.91 Å². The van der Waals surface area contributed by atoms with Crippen molar-refractivity contribution in [3.63, 3.8) is 0 Å². The molecule has 2 aromatic rings. The molecule has 0 bridgehead atoms. The van der Waals surface area contributed by atoms with E-state index in [1.807, 2.05) is 24.9 Å². The molecule has 0 saturated carbocycles. The van der Waals surface area contributed by atoms with E-state index < -0.39 is 0 Å². The van der Waals surface area contributed by atoms with Crippen molar-refractivity contribution in [2.24, 2.45) is 0 Å². The highest BCUT2D eigenvalue weighted by Gasteiger charge is 2.26. The molecule has 22 heavy (non-hydrogen) atoms. The van der Waals surface area contributed by atoms with Crippen LogP contribution in [0.4, 0.5) is 0 Å². The van der Waals surface area contributed by atoms with Crippen molar-refractivity contribution < 1.29 is 4.79 Å². The predicted molar refractivity (Wildman–Crippen MR) is 83.5 cm³/mol. The van der Waals surface area contributed by atoms with Crippen molar-refractivity contribution >= 4 is 5.91 Å². The smallest absolute Gasteiger partial charge is 0.222 e. The molecule has 3 rings (SSSR count). The SMILES string of the molecule is Cc1n[nH]c(C)c1CCC(=O)N1CCC[C@H](c2ncc[nH]2)C1. The van der Waals surface area contributed by atoms with Crippen molar-refractivity contribution in [3.05, 3.63) is 35.2 Å². The standard InChI is InChI=1S/C16H23N5O/c1-11-14(12(2)20-19-11)5-6-15(22)21-9-3-4-13(10-21)16-17-7-8-18-16/h7-8,13H,3-6,9-10H2,1-2H3,(H,17,18)(H,19,20)/t13-/m0/s1. The first-order valence-corrected chi connectivity index (χ1v) is 7.92. The number of H-pyrrole nitrogens is 2. The number of piperidine rings is 1. The molecule has 1 aliphatic rings. The maximum absolute atomic E-state index is 12.5. The summed E-state index contributed by atoms with van der Waals surface area (Å²) in [4.78, 5) is 22.0. The van der Waals surface area contributed by atoms with E-state index in [4.69, 9.17) is 0 Å². The monoisotopic (exact) mass is 301 g/mol. The van der Waals surface area contributed by atoms with Gasteiger partial charge in [0.15, 0.2) is 0 Å². The van der Waals surface area contributed by atoms with E-state index in [1.54, 1.807) is 6.20 Å². The van der Waals surface area contributed by atoms with E-state index in [0.29, 0.717) is 12.3 Å². The first kappa shape index (κ1) is 14.8. The molecular formula is C16H23N5O. The fraction of sp³-hybridized carbons (Fsp3) is 0.562. The minimum atomic E-state index is 0.233. The Bertz CT molecular complexity index is 612. The summed E-state index contributed by atoms with van der Waals surface area (Å²) >= 11 is 0. The molecule has 3 heterocycles. The molecule has 6 nitrogen and oxygen atoms in total. The number of aryl methyl sites for hydroxylation is 2. The van der Waals surface area contributed by atoms with Gasteiger partial charge in [-0.05, 0) is 38.7 Å². The van der Waals surface area contributed by atoms with Crippen LogP contribution in [0.2, 0.25) is 0 Å². The Morgan fingerprint density at radius 3 is 3.00 bits per heavy atom. The fourth-order valence-electron chi connectivity index (χ4n) is 3.26. The summed E-state index contributed by atoms with van der Waals surface area (Å²) in [5, 5.41) is 7.17. The normalized spacial score (nSPS) is 18.6. The maximum Gasteiger partial charge on any atom is 0.222 e. The third-order valence-corrected chi connectivity index (χ3v) is 4.55. The number of amides is 1. The van der Waals surface area contributed by atoms with Crippen molar-refractivity contribution in [1.29, 1.82) is 0 Å². The fourth-order valence-corrected chi connectivity index (χ4v) is 3.26. The molecule has 0 radical (unpaired) electrons. The molecule has 0 aliphatic carbocycles. The number of imidazole rings is 1. The topological polar surface area (TPSA) is 77.7 Å².